The third-order valence-corrected chi connectivity index (χ3v) is 4.29. The Kier molecular flexibility index (Phi) is 5.78. The lowest BCUT2D eigenvalue weighted by Crippen LogP contribution is -2.22. The third kappa shape index (κ3) is 6.24. The average Bonchev–Trinajstić information content (AvgIpc) is 2.52. The van der Waals surface area contributed by atoms with Gasteiger partial charge in [-0.2, -0.15) is 13.2 Å². The van der Waals surface area contributed by atoms with E-state index in [1.807, 2.05) is 4.72 Å². The number of hydrogen-bond donors (Lipinski definition) is 1. The molecule has 0 saturated carbocycles. The van der Waals surface area contributed by atoms with E-state index in [0.717, 1.165) is 36.4 Å². The van der Waals surface area contributed by atoms with E-state index >= 15 is 0 Å². The molecule has 0 aliphatic rings. The molecule has 2 aromatic rings. The summed E-state index contributed by atoms with van der Waals surface area (Å²) in [6.07, 6.45) is -9.81. The zero-order valence-electron chi connectivity index (χ0n) is 13.1. The van der Waals surface area contributed by atoms with Gasteiger partial charge in [0.1, 0.15) is 16.4 Å². The van der Waals surface area contributed by atoms with Crippen LogP contribution in [0.3, 0.4) is 0 Å². The number of hydrogen-bond acceptors (Lipinski definition) is 4. The first kappa shape index (κ1) is 20.7. The van der Waals surface area contributed by atoms with Gasteiger partial charge in [-0.3, -0.25) is 4.72 Å². The van der Waals surface area contributed by atoms with Crippen molar-refractivity contribution >= 4 is 15.7 Å². The van der Waals surface area contributed by atoms with Crippen molar-refractivity contribution < 1.29 is 44.2 Å². The minimum absolute atomic E-state index is 0.386. The van der Waals surface area contributed by atoms with Crippen molar-refractivity contribution in [2.45, 2.75) is 17.4 Å². The Bertz CT molecular complexity index is 896. The first-order valence-electron chi connectivity index (χ1n) is 7.03. The minimum Gasteiger partial charge on any atom is -0.482 e. The largest absolute Gasteiger partial charge is 0.573 e. The van der Waals surface area contributed by atoms with Crippen molar-refractivity contribution in [3.8, 4) is 11.5 Å². The Morgan fingerprint density at radius 1 is 0.852 bits per heavy atom. The Morgan fingerprint density at radius 2 is 1.41 bits per heavy atom. The van der Waals surface area contributed by atoms with Gasteiger partial charge in [0.25, 0.3) is 10.0 Å². The maximum absolute atomic E-state index is 12.4. The fourth-order valence-electron chi connectivity index (χ4n) is 1.92. The van der Waals surface area contributed by atoms with E-state index in [9.17, 15) is 34.8 Å². The van der Waals surface area contributed by atoms with Crippen molar-refractivity contribution in [2.24, 2.45) is 0 Å². The number of anilines is 1. The molecule has 2 rings (SSSR count). The molecular formula is C15H11F6NO4S. The molecule has 0 atom stereocenters. The number of nitrogens with one attached hydrogen (secondary N) is 1. The Hall–Kier alpha value is -2.63. The van der Waals surface area contributed by atoms with E-state index in [1.54, 1.807) is 0 Å². The summed E-state index contributed by atoms with van der Waals surface area (Å²) in [5.41, 5.74) is -0.386. The summed E-state index contributed by atoms with van der Waals surface area (Å²) < 4.78 is 109. The predicted octanol–water partition coefficient (Wildman–Crippen LogP) is 4.33. The van der Waals surface area contributed by atoms with E-state index < -0.39 is 45.6 Å². The van der Waals surface area contributed by atoms with Crippen LogP contribution in [0.4, 0.5) is 32.0 Å². The molecule has 0 amide bonds. The van der Waals surface area contributed by atoms with Crippen LogP contribution in [0, 0.1) is 0 Å². The molecule has 0 heterocycles. The highest BCUT2D eigenvalue weighted by molar-refractivity contribution is 7.92. The van der Waals surface area contributed by atoms with Gasteiger partial charge >= 0.3 is 12.5 Å². The second-order valence-electron chi connectivity index (χ2n) is 5.00. The van der Waals surface area contributed by atoms with Crippen LogP contribution >= 0.6 is 0 Å². The molecule has 0 spiro atoms. The highest BCUT2D eigenvalue weighted by Gasteiger charge is 2.34. The normalized spacial score (nSPS) is 12.5. The maximum Gasteiger partial charge on any atom is 0.573 e. The molecule has 12 heteroatoms. The smallest absolute Gasteiger partial charge is 0.482 e. The van der Waals surface area contributed by atoms with Crippen LogP contribution in [0.2, 0.25) is 0 Å². The van der Waals surface area contributed by atoms with Gasteiger partial charge in [0.15, 0.2) is 6.61 Å². The topological polar surface area (TPSA) is 64.6 Å². The molecule has 0 fully saturated rings. The van der Waals surface area contributed by atoms with Crippen LogP contribution in [0.5, 0.6) is 11.5 Å². The summed E-state index contributed by atoms with van der Waals surface area (Å²) in [4.78, 5) is -0.854. The van der Waals surface area contributed by atoms with Crippen LogP contribution in [0.25, 0.3) is 0 Å². The zero-order chi connectivity index (χ0) is 20.3. The van der Waals surface area contributed by atoms with Gasteiger partial charge in [-0.1, -0.05) is 24.3 Å². The van der Waals surface area contributed by atoms with E-state index in [1.165, 1.54) is 12.1 Å². The van der Waals surface area contributed by atoms with Gasteiger partial charge in [-0.05, 0) is 24.3 Å². The number of halogens is 6. The molecule has 1 N–H and O–H groups in total. The van der Waals surface area contributed by atoms with Crippen LogP contribution < -0.4 is 14.2 Å². The predicted molar refractivity (Wildman–Crippen MR) is 81.9 cm³/mol. The minimum atomic E-state index is -5.14. The first-order chi connectivity index (χ1) is 12.4. The number of sulfonamides is 1. The lowest BCUT2D eigenvalue weighted by Gasteiger charge is -2.16. The van der Waals surface area contributed by atoms with Crippen molar-refractivity contribution in [1.29, 1.82) is 0 Å². The van der Waals surface area contributed by atoms with Crippen LogP contribution in [-0.4, -0.2) is 27.6 Å². The van der Waals surface area contributed by atoms with Crippen molar-refractivity contribution in [3.63, 3.8) is 0 Å². The standard InChI is InChI=1S/C15H11F6NO4S/c16-14(17,18)9-25-11-6-2-1-5-10(11)22-27(23,24)13-8-4-3-7-12(13)26-15(19,20)21/h1-8,22H,9H2. The van der Waals surface area contributed by atoms with E-state index in [2.05, 4.69) is 9.47 Å². The second-order valence-corrected chi connectivity index (χ2v) is 6.65. The molecule has 27 heavy (non-hydrogen) atoms. The second kappa shape index (κ2) is 7.55. The number of benzene rings is 2. The summed E-state index contributed by atoms with van der Waals surface area (Å²) in [7, 11) is -4.63. The average molecular weight is 415 g/mol. The van der Waals surface area contributed by atoms with Gasteiger partial charge in [-0.25, -0.2) is 8.42 Å². The molecule has 2 aromatic carbocycles. The van der Waals surface area contributed by atoms with E-state index in [-0.39, 0.29) is 5.69 Å². The van der Waals surface area contributed by atoms with Crippen molar-refractivity contribution in [3.05, 3.63) is 48.5 Å². The highest BCUT2D eigenvalue weighted by Crippen LogP contribution is 2.33. The molecule has 0 unspecified atom stereocenters. The van der Waals surface area contributed by atoms with Crippen molar-refractivity contribution in [2.75, 3.05) is 11.3 Å². The van der Waals surface area contributed by atoms with Crippen molar-refractivity contribution in [1.82, 2.24) is 0 Å². The van der Waals surface area contributed by atoms with E-state index in [4.69, 9.17) is 0 Å². The van der Waals surface area contributed by atoms with Gasteiger partial charge in [0.2, 0.25) is 0 Å². The zero-order valence-corrected chi connectivity index (χ0v) is 14.0. The van der Waals surface area contributed by atoms with E-state index in [0.29, 0.717) is 0 Å². The molecule has 0 aliphatic heterocycles. The number of ether oxygens (including phenoxy) is 2. The summed E-state index contributed by atoms with van der Waals surface area (Å²) in [6.45, 7) is -1.68. The fraction of sp³-hybridized carbons (Fsp3) is 0.200. The monoisotopic (exact) mass is 415 g/mol. The number of alkyl halides is 6. The SMILES string of the molecule is O=S(=O)(Nc1ccccc1OCC(F)(F)F)c1ccccc1OC(F)(F)F. The Balaban J connectivity index is 2.33. The maximum atomic E-state index is 12.4. The number of para-hydroxylation sites is 3. The van der Waals surface area contributed by atoms with Gasteiger partial charge in [-0.15, -0.1) is 13.2 Å². The fourth-order valence-corrected chi connectivity index (χ4v) is 3.12. The van der Waals surface area contributed by atoms with Crippen LogP contribution in [0.1, 0.15) is 0 Å². The molecule has 0 aliphatic carbocycles. The summed E-state index contributed by atoms with van der Waals surface area (Å²) >= 11 is 0. The Labute approximate surface area is 149 Å². The summed E-state index contributed by atoms with van der Waals surface area (Å²) in [5, 5.41) is 0. The molecule has 0 bridgehead atoms. The first-order valence-corrected chi connectivity index (χ1v) is 8.52. The lowest BCUT2D eigenvalue weighted by molar-refractivity contribution is -0.275. The third-order valence-electron chi connectivity index (χ3n) is 2.89. The van der Waals surface area contributed by atoms with Gasteiger partial charge in [0.05, 0.1) is 5.69 Å². The summed E-state index contributed by atoms with van der Waals surface area (Å²) in [6, 6.07) is 8.68. The molecular weight excluding hydrogens is 404 g/mol. The number of rotatable bonds is 6. The molecule has 148 valence electrons. The molecule has 0 radical (unpaired) electrons. The molecule has 0 aromatic heterocycles. The highest BCUT2D eigenvalue weighted by atomic mass is 32.2. The molecule has 5 nitrogen and oxygen atoms in total. The summed E-state index contributed by atoms with van der Waals surface area (Å²) in [5.74, 6) is -1.45. The Morgan fingerprint density at radius 3 is 2.00 bits per heavy atom. The quantitative estimate of drug-likeness (QED) is 0.714. The van der Waals surface area contributed by atoms with Gasteiger partial charge < -0.3 is 9.47 Å². The lowest BCUT2D eigenvalue weighted by atomic mass is 10.3. The molecule has 0 saturated heterocycles. The van der Waals surface area contributed by atoms with Gasteiger partial charge in [0, 0.05) is 0 Å². The van der Waals surface area contributed by atoms with Crippen LogP contribution in [-0.2, 0) is 10.0 Å². The van der Waals surface area contributed by atoms with Crippen LogP contribution in [0.15, 0.2) is 53.4 Å².